The summed E-state index contributed by atoms with van der Waals surface area (Å²) in [7, 11) is 0. The molecule has 0 saturated carbocycles. The Morgan fingerprint density at radius 3 is 2.94 bits per heavy atom. The Hall–Kier alpha value is -1.88. The van der Waals surface area contributed by atoms with Gasteiger partial charge in [0.15, 0.2) is 0 Å². The molecule has 2 N–H and O–H groups in total. The normalized spacial score (nSPS) is 10.3. The molecular weight excluding hydrogens is 228 g/mol. The minimum atomic E-state index is -0.634. The number of halogens is 1. The quantitative estimate of drug-likeness (QED) is 0.867. The van der Waals surface area contributed by atoms with E-state index in [1.165, 1.54) is 11.0 Å². The Morgan fingerprint density at radius 1 is 1.50 bits per heavy atom. The van der Waals surface area contributed by atoms with Crippen molar-refractivity contribution < 1.29 is 4.79 Å². The summed E-state index contributed by atoms with van der Waals surface area (Å²) in [4.78, 5) is 14.6. The van der Waals surface area contributed by atoms with Gasteiger partial charge in [0.25, 0.3) is 5.91 Å². The minimum absolute atomic E-state index is 0.0158. The fourth-order valence-electron chi connectivity index (χ4n) is 1.31. The SMILES string of the molecule is NC(=O)c1ncn(Cc2cccc(Cl)c2)n1. The Morgan fingerprint density at radius 2 is 2.31 bits per heavy atom. The summed E-state index contributed by atoms with van der Waals surface area (Å²) < 4.78 is 1.53. The zero-order valence-corrected chi connectivity index (χ0v) is 9.05. The third kappa shape index (κ3) is 2.38. The summed E-state index contributed by atoms with van der Waals surface area (Å²) in [6, 6.07) is 7.38. The van der Waals surface area contributed by atoms with Gasteiger partial charge in [0.05, 0.1) is 6.54 Å². The average Bonchev–Trinajstić information content (AvgIpc) is 2.66. The van der Waals surface area contributed by atoms with Gasteiger partial charge in [-0.2, -0.15) is 0 Å². The van der Waals surface area contributed by atoms with Crippen LogP contribution < -0.4 is 5.73 Å². The highest BCUT2D eigenvalue weighted by Crippen LogP contribution is 2.11. The van der Waals surface area contributed by atoms with Crippen LogP contribution in [-0.2, 0) is 6.54 Å². The van der Waals surface area contributed by atoms with Gasteiger partial charge in [-0.1, -0.05) is 23.7 Å². The van der Waals surface area contributed by atoms with Crippen molar-refractivity contribution in [3.63, 3.8) is 0 Å². The van der Waals surface area contributed by atoms with Crippen LogP contribution >= 0.6 is 11.6 Å². The molecule has 0 spiro atoms. The Bertz CT molecular complexity index is 523. The number of hydrogen-bond donors (Lipinski definition) is 1. The van der Waals surface area contributed by atoms with E-state index in [2.05, 4.69) is 10.1 Å². The number of amides is 1. The van der Waals surface area contributed by atoms with Crippen LogP contribution in [0.4, 0.5) is 0 Å². The molecule has 5 nitrogen and oxygen atoms in total. The van der Waals surface area contributed by atoms with Crippen LogP contribution in [0, 0.1) is 0 Å². The lowest BCUT2D eigenvalue weighted by atomic mass is 10.2. The molecule has 0 aliphatic carbocycles. The van der Waals surface area contributed by atoms with Crippen LogP contribution in [0.3, 0.4) is 0 Å². The molecule has 1 aromatic carbocycles. The largest absolute Gasteiger partial charge is 0.363 e. The molecule has 0 radical (unpaired) electrons. The van der Waals surface area contributed by atoms with Crippen molar-refractivity contribution in [1.29, 1.82) is 0 Å². The van der Waals surface area contributed by atoms with E-state index in [1.54, 1.807) is 6.07 Å². The highest BCUT2D eigenvalue weighted by atomic mass is 35.5. The maximum Gasteiger partial charge on any atom is 0.288 e. The zero-order valence-electron chi connectivity index (χ0n) is 8.30. The Kier molecular flexibility index (Phi) is 2.87. The molecule has 0 aliphatic heterocycles. The van der Waals surface area contributed by atoms with E-state index < -0.39 is 5.91 Å². The minimum Gasteiger partial charge on any atom is -0.363 e. The van der Waals surface area contributed by atoms with Crippen LogP contribution in [0.1, 0.15) is 16.2 Å². The van der Waals surface area contributed by atoms with Crippen molar-refractivity contribution >= 4 is 17.5 Å². The summed E-state index contributed by atoms with van der Waals surface area (Å²) in [6.45, 7) is 0.501. The molecule has 1 amide bonds. The predicted molar refractivity (Wildman–Crippen MR) is 59.1 cm³/mol. The fraction of sp³-hybridized carbons (Fsp3) is 0.100. The lowest BCUT2D eigenvalue weighted by Crippen LogP contribution is -2.13. The fourth-order valence-corrected chi connectivity index (χ4v) is 1.52. The number of nitrogens with two attached hydrogens (primary N) is 1. The summed E-state index contributed by atoms with van der Waals surface area (Å²) in [5, 5.41) is 4.58. The molecule has 16 heavy (non-hydrogen) atoms. The molecule has 2 aromatic rings. The van der Waals surface area contributed by atoms with Gasteiger partial charge >= 0.3 is 0 Å². The van der Waals surface area contributed by atoms with Gasteiger partial charge in [-0.25, -0.2) is 9.67 Å². The van der Waals surface area contributed by atoms with Crippen molar-refractivity contribution in [3.05, 3.63) is 47.0 Å². The molecule has 0 saturated heterocycles. The van der Waals surface area contributed by atoms with Crippen molar-refractivity contribution in [3.8, 4) is 0 Å². The molecule has 2 rings (SSSR count). The van der Waals surface area contributed by atoms with Gasteiger partial charge in [0, 0.05) is 5.02 Å². The van der Waals surface area contributed by atoms with E-state index >= 15 is 0 Å². The molecule has 0 fully saturated rings. The molecule has 0 aliphatic rings. The maximum atomic E-state index is 10.8. The van der Waals surface area contributed by atoms with E-state index in [9.17, 15) is 4.79 Å². The van der Waals surface area contributed by atoms with Crippen LogP contribution in [-0.4, -0.2) is 20.7 Å². The van der Waals surface area contributed by atoms with E-state index in [-0.39, 0.29) is 5.82 Å². The molecule has 1 aromatic heterocycles. The second-order valence-corrected chi connectivity index (χ2v) is 3.70. The highest BCUT2D eigenvalue weighted by molar-refractivity contribution is 6.30. The Balaban J connectivity index is 2.17. The van der Waals surface area contributed by atoms with Crippen LogP contribution in [0.5, 0.6) is 0 Å². The third-order valence-electron chi connectivity index (χ3n) is 1.99. The molecule has 6 heteroatoms. The second-order valence-electron chi connectivity index (χ2n) is 3.26. The number of nitrogens with zero attached hydrogens (tertiary/aromatic N) is 3. The first-order valence-electron chi connectivity index (χ1n) is 4.59. The smallest absolute Gasteiger partial charge is 0.288 e. The van der Waals surface area contributed by atoms with Gasteiger partial charge in [0.2, 0.25) is 5.82 Å². The van der Waals surface area contributed by atoms with E-state index in [0.717, 1.165) is 5.56 Å². The number of primary amides is 1. The molecule has 0 atom stereocenters. The molecule has 82 valence electrons. The molecular formula is C10H9ClN4O. The summed E-state index contributed by atoms with van der Waals surface area (Å²) >= 11 is 5.85. The summed E-state index contributed by atoms with van der Waals surface area (Å²) in [5.74, 6) is -0.619. The number of carbonyl (C=O) groups is 1. The highest BCUT2D eigenvalue weighted by Gasteiger charge is 2.06. The molecule has 0 unspecified atom stereocenters. The number of rotatable bonds is 3. The van der Waals surface area contributed by atoms with E-state index in [1.807, 2.05) is 18.2 Å². The summed E-state index contributed by atoms with van der Waals surface area (Å²) in [6.07, 6.45) is 1.46. The van der Waals surface area contributed by atoms with Crippen LogP contribution in [0.15, 0.2) is 30.6 Å². The van der Waals surface area contributed by atoms with Crippen molar-refractivity contribution in [2.75, 3.05) is 0 Å². The lowest BCUT2D eigenvalue weighted by Gasteiger charge is -2.00. The van der Waals surface area contributed by atoms with Gasteiger partial charge in [-0.15, -0.1) is 5.10 Å². The summed E-state index contributed by atoms with van der Waals surface area (Å²) in [5.41, 5.74) is 6.03. The van der Waals surface area contributed by atoms with Crippen LogP contribution in [0.2, 0.25) is 5.02 Å². The molecule has 0 bridgehead atoms. The van der Waals surface area contributed by atoms with E-state index in [4.69, 9.17) is 17.3 Å². The topological polar surface area (TPSA) is 73.8 Å². The number of carbonyl (C=O) groups excluding carboxylic acids is 1. The van der Waals surface area contributed by atoms with Gasteiger partial charge in [-0.05, 0) is 17.7 Å². The number of hydrogen-bond acceptors (Lipinski definition) is 3. The average molecular weight is 237 g/mol. The zero-order chi connectivity index (χ0) is 11.5. The monoisotopic (exact) mass is 236 g/mol. The van der Waals surface area contributed by atoms with Gasteiger partial charge < -0.3 is 5.73 Å². The van der Waals surface area contributed by atoms with Gasteiger partial charge in [-0.3, -0.25) is 4.79 Å². The first-order valence-corrected chi connectivity index (χ1v) is 4.96. The maximum absolute atomic E-state index is 10.8. The predicted octanol–water partition coefficient (Wildman–Crippen LogP) is 1.08. The number of benzene rings is 1. The van der Waals surface area contributed by atoms with Gasteiger partial charge in [0.1, 0.15) is 6.33 Å². The van der Waals surface area contributed by atoms with Crippen molar-refractivity contribution in [2.24, 2.45) is 5.73 Å². The number of aromatic nitrogens is 3. The van der Waals surface area contributed by atoms with E-state index in [0.29, 0.717) is 11.6 Å². The third-order valence-corrected chi connectivity index (χ3v) is 2.23. The second kappa shape index (κ2) is 4.32. The molecule has 1 heterocycles. The lowest BCUT2D eigenvalue weighted by molar-refractivity contribution is 0.0990. The standard InChI is InChI=1S/C10H9ClN4O/c11-8-3-1-2-7(4-8)5-15-6-13-10(14-15)9(12)16/h1-4,6H,5H2,(H2,12,16). The van der Waals surface area contributed by atoms with Crippen LogP contribution in [0.25, 0.3) is 0 Å². The van der Waals surface area contributed by atoms with Crippen molar-refractivity contribution in [2.45, 2.75) is 6.54 Å². The first-order chi connectivity index (χ1) is 7.65. The first kappa shape index (κ1) is 10.6. The Labute approximate surface area is 96.8 Å². The van der Waals surface area contributed by atoms with Crippen molar-refractivity contribution in [1.82, 2.24) is 14.8 Å².